The summed E-state index contributed by atoms with van der Waals surface area (Å²) in [6.07, 6.45) is 2.88. The third-order valence-corrected chi connectivity index (χ3v) is 7.16. The molecule has 4 rings (SSSR count). The second-order valence-corrected chi connectivity index (χ2v) is 9.07. The lowest BCUT2D eigenvalue weighted by atomic mass is 9.96. The van der Waals surface area contributed by atoms with Crippen molar-refractivity contribution in [3.63, 3.8) is 0 Å². The molecule has 5 nitrogen and oxygen atoms in total. The molecule has 156 valence electrons. The lowest BCUT2D eigenvalue weighted by Crippen LogP contribution is -2.49. The van der Waals surface area contributed by atoms with Crippen LogP contribution in [0, 0.1) is 11.6 Å². The molecule has 0 bridgehead atoms. The highest BCUT2D eigenvalue weighted by Gasteiger charge is 2.32. The third-order valence-electron chi connectivity index (χ3n) is 5.28. The van der Waals surface area contributed by atoms with E-state index in [0.717, 1.165) is 11.1 Å². The van der Waals surface area contributed by atoms with Crippen molar-refractivity contribution in [2.75, 3.05) is 26.2 Å². The predicted molar refractivity (Wildman–Crippen MR) is 109 cm³/mol. The number of hydrogen-bond donors (Lipinski definition) is 0. The number of rotatable bonds is 5. The molecule has 30 heavy (non-hydrogen) atoms. The first-order valence-electron chi connectivity index (χ1n) is 9.60. The second-order valence-electron chi connectivity index (χ2n) is 7.13. The molecule has 8 heteroatoms. The molecule has 0 N–H and O–H groups in total. The van der Waals surface area contributed by atoms with Gasteiger partial charge in [-0.05, 0) is 47.5 Å². The Labute approximate surface area is 174 Å². The molecule has 0 aliphatic carbocycles. The standard InChI is InChI=1S/C22H21F2N3O2S/c23-19-7-3-17(4-8-19)22(18-5-9-20(24)10-6-18)26-12-14-27(15-13-26)30(28,29)21-2-1-11-25-16-21/h1-11,16,22H,12-15H2. The number of piperazine rings is 1. The van der Waals surface area contributed by atoms with Crippen molar-refractivity contribution in [3.8, 4) is 0 Å². The quantitative estimate of drug-likeness (QED) is 0.623. The molecule has 0 atom stereocenters. The molecule has 1 aliphatic heterocycles. The fraction of sp³-hybridized carbons (Fsp3) is 0.227. The van der Waals surface area contributed by atoms with Crippen molar-refractivity contribution in [3.05, 3.63) is 95.8 Å². The summed E-state index contributed by atoms with van der Waals surface area (Å²) < 4.78 is 54.1. The van der Waals surface area contributed by atoms with Gasteiger partial charge in [0.1, 0.15) is 16.5 Å². The lowest BCUT2D eigenvalue weighted by molar-refractivity contribution is 0.155. The van der Waals surface area contributed by atoms with E-state index in [9.17, 15) is 17.2 Å². The molecule has 0 radical (unpaired) electrons. The second kappa shape index (κ2) is 8.59. The topological polar surface area (TPSA) is 53.5 Å². The summed E-state index contributed by atoms with van der Waals surface area (Å²) in [5.41, 5.74) is 1.73. The van der Waals surface area contributed by atoms with E-state index < -0.39 is 10.0 Å². The minimum absolute atomic E-state index is 0.173. The Bertz CT molecular complexity index is 1040. The minimum atomic E-state index is -3.61. The first kappa shape index (κ1) is 20.6. The average Bonchev–Trinajstić information content (AvgIpc) is 2.77. The molecular weight excluding hydrogens is 408 g/mol. The van der Waals surface area contributed by atoms with Gasteiger partial charge in [-0.15, -0.1) is 0 Å². The molecule has 0 saturated carbocycles. The monoisotopic (exact) mass is 429 g/mol. The summed E-state index contributed by atoms with van der Waals surface area (Å²) in [5.74, 6) is -0.659. The number of pyridine rings is 1. The van der Waals surface area contributed by atoms with Crippen LogP contribution in [0.25, 0.3) is 0 Å². The van der Waals surface area contributed by atoms with Gasteiger partial charge in [0.15, 0.2) is 0 Å². The van der Waals surface area contributed by atoms with Gasteiger partial charge in [-0.2, -0.15) is 4.31 Å². The van der Waals surface area contributed by atoms with E-state index in [1.807, 2.05) is 0 Å². The highest BCUT2D eigenvalue weighted by atomic mass is 32.2. The van der Waals surface area contributed by atoms with Crippen LogP contribution in [0.3, 0.4) is 0 Å². The molecule has 1 fully saturated rings. The van der Waals surface area contributed by atoms with Crippen LogP contribution in [0.4, 0.5) is 8.78 Å². The van der Waals surface area contributed by atoms with Gasteiger partial charge in [0.2, 0.25) is 10.0 Å². The normalized spacial score (nSPS) is 16.1. The zero-order valence-electron chi connectivity index (χ0n) is 16.2. The first-order chi connectivity index (χ1) is 14.4. The summed E-state index contributed by atoms with van der Waals surface area (Å²) in [4.78, 5) is 6.21. The molecule has 1 aliphatic rings. The van der Waals surface area contributed by atoms with Gasteiger partial charge in [-0.1, -0.05) is 24.3 Å². The molecule has 2 heterocycles. The maximum Gasteiger partial charge on any atom is 0.244 e. The fourth-order valence-electron chi connectivity index (χ4n) is 3.76. The predicted octanol–water partition coefficient (Wildman–Crippen LogP) is 3.46. The van der Waals surface area contributed by atoms with E-state index in [4.69, 9.17) is 0 Å². The van der Waals surface area contributed by atoms with E-state index in [0.29, 0.717) is 26.2 Å². The molecule has 0 amide bonds. The van der Waals surface area contributed by atoms with Gasteiger partial charge in [-0.3, -0.25) is 9.88 Å². The number of hydrogen-bond acceptors (Lipinski definition) is 4. The SMILES string of the molecule is O=S(=O)(c1cccnc1)N1CCN(C(c2ccc(F)cc2)c2ccc(F)cc2)CC1. The average molecular weight is 429 g/mol. The van der Waals surface area contributed by atoms with Crippen LogP contribution in [0.1, 0.15) is 17.2 Å². The van der Waals surface area contributed by atoms with Crippen molar-refractivity contribution in [1.29, 1.82) is 0 Å². The Morgan fingerprint density at radius 3 is 1.80 bits per heavy atom. The molecule has 1 saturated heterocycles. The van der Waals surface area contributed by atoms with Gasteiger partial charge in [-0.25, -0.2) is 17.2 Å². The summed E-state index contributed by atoms with van der Waals surface area (Å²) in [6, 6.07) is 15.3. The summed E-state index contributed by atoms with van der Waals surface area (Å²) in [7, 11) is -3.61. The van der Waals surface area contributed by atoms with Crippen LogP contribution in [0.5, 0.6) is 0 Å². The largest absolute Gasteiger partial charge is 0.290 e. The summed E-state index contributed by atoms with van der Waals surface area (Å²) >= 11 is 0. The fourth-order valence-corrected chi connectivity index (χ4v) is 5.14. The van der Waals surface area contributed by atoms with E-state index in [1.165, 1.54) is 47.0 Å². The van der Waals surface area contributed by atoms with E-state index in [-0.39, 0.29) is 22.6 Å². The summed E-state index contributed by atoms with van der Waals surface area (Å²) in [6.45, 7) is 1.60. The number of benzene rings is 2. The first-order valence-corrected chi connectivity index (χ1v) is 11.0. The van der Waals surface area contributed by atoms with Gasteiger partial charge in [0, 0.05) is 38.6 Å². The van der Waals surface area contributed by atoms with E-state index in [2.05, 4.69) is 9.88 Å². The van der Waals surface area contributed by atoms with Crippen molar-refractivity contribution >= 4 is 10.0 Å². The van der Waals surface area contributed by atoms with E-state index in [1.54, 1.807) is 30.3 Å². The number of sulfonamides is 1. The number of nitrogens with zero attached hydrogens (tertiary/aromatic N) is 3. The Hall–Kier alpha value is -2.68. The van der Waals surface area contributed by atoms with Crippen LogP contribution in [0.15, 0.2) is 78.0 Å². The van der Waals surface area contributed by atoms with Gasteiger partial charge in [0.25, 0.3) is 0 Å². The maximum atomic E-state index is 13.4. The zero-order chi connectivity index (χ0) is 21.1. The van der Waals surface area contributed by atoms with Crippen LogP contribution < -0.4 is 0 Å². The van der Waals surface area contributed by atoms with Gasteiger partial charge in [0.05, 0.1) is 6.04 Å². The number of halogens is 2. The lowest BCUT2D eigenvalue weighted by Gasteiger charge is -2.39. The van der Waals surface area contributed by atoms with Gasteiger partial charge >= 0.3 is 0 Å². The van der Waals surface area contributed by atoms with Crippen molar-refractivity contribution in [2.24, 2.45) is 0 Å². The molecule has 1 aromatic heterocycles. The minimum Gasteiger partial charge on any atom is -0.290 e. The molecular formula is C22H21F2N3O2S. The highest BCUT2D eigenvalue weighted by molar-refractivity contribution is 7.89. The zero-order valence-corrected chi connectivity index (χ0v) is 17.0. The van der Waals surface area contributed by atoms with Crippen LogP contribution in [-0.2, 0) is 10.0 Å². The Morgan fingerprint density at radius 1 is 0.800 bits per heavy atom. The van der Waals surface area contributed by atoms with Gasteiger partial charge < -0.3 is 0 Å². The molecule has 0 spiro atoms. The Morgan fingerprint density at radius 2 is 1.33 bits per heavy atom. The molecule has 0 unspecified atom stereocenters. The molecule has 2 aromatic carbocycles. The summed E-state index contributed by atoms with van der Waals surface area (Å²) in [5, 5.41) is 0. The van der Waals surface area contributed by atoms with Crippen LogP contribution in [0.2, 0.25) is 0 Å². The van der Waals surface area contributed by atoms with Crippen LogP contribution in [-0.4, -0.2) is 48.8 Å². The van der Waals surface area contributed by atoms with Crippen molar-refractivity contribution < 1.29 is 17.2 Å². The third kappa shape index (κ3) is 4.26. The van der Waals surface area contributed by atoms with Crippen molar-refractivity contribution in [1.82, 2.24) is 14.2 Å². The van der Waals surface area contributed by atoms with Crippen molar-refractivity contribution in [2.45, 2.75) is 10.9 Å². The highest BCUT2D eigenvalue weighted by Crippen LogP contribution is 2.31. The maximum absolute atomic E-state index is 13.4. The Kier molecular flexibility index (Phi) is 5.90. The smallest absolute Gasteiger partial charge is 0.244 e. The van der Waals surface area contributed by atoms with E-state index >= 15 is 0 Å². The number of aromatic nitrogens is 1. The van der Waals surface area contributed by atoms with Crippen LogP contribution >= 0.6 is 0 Å². The Balaban J connectivity index is 1.58. The molecule has 3 aromatic rings.